The van der Waals surface area contributed by atoms with E-state index in [0.29, 0.717) is 69.2 Å². The first-order chi connectivity index (χ1) is 13.0. The van der Waals surface area contributed by atoms with Crippen molar-refractivity contribution >= 4 is 10.0 Å². The molecule has 2 aromatic rings. The number of benzene rings is 1. The summed E-state index contributed by atoms with van der Waals surface area (Å²) in [6.07, 6.45) is 0.776. The van der Waals surface area contributed by atoms with Crippen LogP contribution in [0.15, 0.2) is 27.5 Å². The SMILES string of the molecule is Cc1nnc(CN2CCN(S(=O)(=O)c3ccc4c(c3)OCCCO4)CC2)o1. The van der Waals surface area contributed by atoms with Gasteiger partial charge < -0.3 is 13.9 Å². The molecule has 0 amide bonds. The summed E-state index contributed by atoms with van der Waals surface area (Å²) < 4.78 is 44.1. The van der Waals surface area contributed by atoms with Crippen LogP contribution in [-0.4, -0.2) is 67.2 Å². The minimum absolute atomic E-state index is 0.229. The van der Waals surface area contributed by atoms with Crippen LogP contribution < -0.4 is 9.47 Å². The van der Waals surface area contributed by atoms with Gasteiger partial charge >= 0.3 is 0 Å². The normalized spacial score (nSPS) is 19.0. The molecule has 0 saturated carbocycles. The van der Waals surface area contributed by atoms with Crippen LogP contribution >= 0.6 is 0 Å². The Morgan fingerprint density at radius 3 is 2.48 bits per heavy atom. The molecule has 0 unspecified atom stereocenters. The Balaban J connectivity index is 1.43. The second-order valence-corrected chi connectivity index (χ2v) is 8.49. The van der Waals surface area contributed by atoms with E-state index in [0.717, 1.165) is 6.42 Å². The van der Waals surface area contributed by atoms with Crippen molar-refractivity contribution < 1.29 is 22.3 Å². The Bertz CT molecular complexity index is 906. The fourth-order valence-corrected chi connectivity index (χ4v) is 4.61. The summed E-state index contributed by atoms with van der Waals surface area (Å²) in [7, 11) is -3.58. The molecule has 1 aromatic heterocycles. The molecule has 10 heteroatoms. The first-order valence-electron chi connectivity index (χ1n) is 8.93. The molecule has 1 aromatic carbocycles. The number of hydrogen-bond acceptors (Lipinski definition) is 8. The average molecular weight is 394 g/mol. The molecule has 27 heavy (non-hydrogen) atoms. The van der Waals surface area contributed by atoms with Gasteiger partial charge in [-0.25, -0.2) is 8.42 Å². The molecule has 1 fully saturated rings. The van der Waals surface area contributed by atoms with Gasteiger partial charge in [0.05, 0.1) is 24.7 Å². The third-order valence-corrected chi connectivity index (χ3v) is 6.51. The monoisotopic (exact) mass is 394 g/mol. The minimum atomic E-state index is -3.58. The van der Waals surface area contributed by atoms with Crippen LogP contribution in [0.2, 0.25) is 0 Å². The Hall–Kier alpha value is -2.17. The number of rotatable bonds is 4. The molecule has 1 saturated heterocycles. The highest BCUT2D eigenvalue weighted by atomic mass is 32.2. The van der Waals surface area contributed by atoms with Crippen LogP contribution in [0.4, 0.5) is 0 Å². The second kappa shape index (κ2) is 7.45. The van der Waals surface area contributed by atoms with Crippen molar-refractivity contribution in [1.82, 2.24) is 19.4 Å². The molecule has 0 bridgehead atoms. The zero-order valence-electron chi connectivity index (χ0n) is 15.1. The average Bonchev–Trinajstić information content (AvgIpc) is 2.92. The molecule has 0 atom stereocenters. The van der Waals surface area contributed by atoms with E-state index in [9.17, 15) is 8.42 Å². The molecule has 2 aliphatic heterocycles. The Morgan fingerprint density at radius 1 is 1.04 bits per heavy atom. The molecule has 9 nitrogen and oxygen atoms in total. The number of nitrogens with zero attached hydrogens (tertiary/aromatic N) is 4. The van der Waals surface area contributed by atoms with Gasteiger partial charge in [-0.2, -0.15) is 4.31 Å². The summed E-state index contributed by atoms with van der Waals surface area (Å²) in [6, 6.07) is 4.81. The maximum absolute atomic E-state index is 13.0. The first-order valence-corrected chi connectivity index (χ1v) is 10.4. The Labute approximate surface area is 157 Å². The van der Waals surface area contributed by atoms with Crippen molar-refractivity contribution in [1.29, 1.82) is 0 Å². The van der Waals surface area contributed by atoms with Gasteiger partial charge in [0.15, 0.2) is 11.5 Å². The third kappa shape index (κ3) is 3.92. The van der Waals surface area contributed by atoms with Crippen LogP contribution in [0, 0.1) is 6.92 Å². The lowest BCUT2D eigenvalue weighted by molar-refractivity contribution is 0.167. The van der Waals surface area contributed by atoms with Crippen molar-refractivity contribution in [3.05, 3.63) is 30.0 Å². The van der Waals surface area contributed by atoms with Crippen molar-refractivity contribution in [2.24, 2.45) is 0 Å². The number of ether oxygens (including phenoxy) is 2. The fraction of sp³-hybridized carbons (Fsp3) is 0.529. The highest BCUT2D eigenvalue weighted by Gasteiger charge is 2.30. The maximum atomic E-state index is 13.0. The van der Waals surface area contributed by atoms with Gasteiger partial charge in [-0.3, -0.25) is 4.90 Å². The molecule has 3 heterocycles. The summed E-state index contributed by atoms with van der Waals surface area (Å²) in [5.41, 5.74) is 0. The lowest BCUT2D eigenvalue weighted by Crippen LogP contribution is -2.48. The van der Waals surface area contributed by atoms with E-state index in [1.807, 2.05) is 0 Å². The van der Waals surface area contributed by atoms with Crippen LogP contribution in [0.5, 0.6) is 11.5 Å². The zero-order chi connectivity index (χ0) is 18.9. The number of aryl methyl sites for hydroxylation is 1. The first kappa shape index (κ1) is 18.2. The topological polar surface area (TPSA) is 98.0 Å². The number of aromatic nitrogens is 2. The van der Waals surface area contributed by atoms with Crippen LogP contribution in [0.3, 0.4) is 0 Å². The van der Waals surface area contributed by atoms with Gasteiger partial charge in [-0.05, 0) is 12.1 Å². The highest BCUT2D eigenvalue weighted by Crippen LogP contribution is 2.33. The summed E-state index contributed by atoms with van der Waals surface area (Å²) in [5.74, 6) is 2.15. The van der Waals surface area contributed by atoms with Crippen LogP contribution in [0.25, 0.3) is 0 Å². The van der Waals surface area contributed by atoms with Crippen LogP contribution in [-0.2, 0) is 16.6 Å². The van der Waals surface area contributed by atoms with Crippen LogP contribution in [0.1, 0.15) is 18.2 Å². The highest BCUT2D eigenvalue weighted by molar-refractivity contribution is 7.89. The molecule has 0 spiro atoms. The fourth-order valence-electron chi connectivity index (χ4n) is 3.17. The smallest absolute Gasteiger partial charge is 0.243 e. The van der Waals surface area contributed by atoms with E-state index in [1.54, 1.807) is 25.1 Å². The quantitative estimate of drug-likeness (QED) is 0.759. The summed E-state index contributed by atoms with van der Waals surface area (Å²) in [5, 5.41) is 7.80. The second-order valence-electron chi connectivity index (χ2n) is 6.55. The third-order valence-electron chi connectivity index (χ3n) is 4.61. The van der Waals surface area contributed by atoms with E-state index in [1.165, 1.54) is 4.31 Å². The van der Waals surface area contributed by atoms with E-state index in [2.05, 4.69) is 15.1 Å². The molecule has 4 rings (SSSR count). The number of hydrogen-bond donors (Lipinski definition) is 0. The predicted octanol–water partition coefficient (Wildman–Crippen LogP) is 1.05. The van der Waals surface area contributed by atoms with Crippen molar-refractivity contribution in [2.45, 2.75) is 24.8 Å². The minimum Gasteiger partial charge on any atom is -0.490 e. The number of sulfonamides is 1. The molecule has 146 valence electrons. The zero-order valence-corrected chi connectivity index (χ0v) is 15.9. The molecule has 0 radical (unpaired) electrons. The Morgan fingerprint density at radius 2 is 1.78 bits per heavy atom. The van der Waals surface area contributed by atoms with Gasteiger partial charge in [0, 0.05) is 45.6 Å². The van der Waals surface area contributed by atoms with Gasteiger partial charge in [0.25, 0.3) is 0 Å². The molecule has 0 aliphatic carbocycles. The van der Waals surface area contributed by atoms with E-state index < -0.39 is 10.0 Å². The standard InChI is InChI=1S/C17H22N4O5S/c1-13-18-19-17(26-13)12-20-5-7-21(8-6-20)27(22,23)14-3-4-15-16(11-14)25-10-2-9-24-15/h3-4,11H,2,5-10,12H2,1H3. The van der Waals surface area contributed by atoms with Crippen molar-refractivity contribution in [2.75, 3.05) is 39.4 Å². The lowest BCUT2D eigenvalue weighted by atomic mass is 10.3. The Kier molecular flexibility index (Phi) is 5.02. The predicted molar refractivity (Wildman–Crippen MR) is 95.1 cm³/mol. The summed E-state index contributed by atoms with van der Waals surface area (Å²) >= 11 is 0. The molecular weight excluding hydrogens is 372 g/mol. The lowest BCUT2D eigenvalue weighted by Gasteiger charge is -2.33. The van der Waals surface area contributed by atoms with Crippen molar-refractivity contribution in [3.8, 4) is 11.5 Å². The molecule has 0 N–H and O–H groups in total. The molecular formula is C17H22N4O5S. The van der Waals surface area contributed by atoms with Gasteiger partial charge in [0.2, 0.25) is 21.8 Å². The number of piperazine rings is 1. The summed E-state index contributed by atoms with van der Waals surface area (Å²) in [4.78, 5) is 2.33. The maximum Gasteiger partial charge on any atom is 0.243 e. The van der Waals surface area contributed by atoms with Gasteiger partial charge in [-0.15, -0.1) is 10.2 Å². The van der Waals surface area contributed by atoms with Gasteiger partial charge in [0.1, 0.15) is 0 Å². The molecule has 2 aliphatic rings. The van der Waals surface area contributed by atoms with E-state index >= 15 is 0 Å². The van der Waals surface area contributed by atoms with E-state index in [4.69, 9.17) is 13.9 Å². The van der Waals surface area contributed by atoms with Crippen molar-refractivity contribution in [3.63, 3.8) is 0 Å². The van der Waals surface area contributed by atoms with E-state index in [-0.39, 0.29) is 4.90 Å². The largest absolute Gasteiger partial charge is 0.490 e. The summed E-state index contributed by atoms with van der Waals surface area (Å²) in [6.45, 7) is 5.38. The number of fused-ring (bicyclic) bond motifs is 1. The van der Waals surface area contributed by atoms with Gasteiger partial charge in [-0.1, -0.05) is 0 Å².